The summed E-state index contributed by atoms with van der Waals surface area (Å²) in [5, 5.41) is 14.7. The van der Waals surface area contributed by atoms with Crippen molar-refractivity contribution in [3.05, 3.63) is 24.2 Å². The van der Waals surface area contributed by atoms with Crippen molar-refractivity contribution in [1.29, 1.82) is 5.26 Å². The quantitative estimate of drug-likeness (QED) is 0.169. The predicted molar refractivity (Wildman–Crippen MR) is 151 cm³/mol. The van der Waals surface area contributed by atoms with Crippen LogP contribution in [0, 0.1) is 17.2 Å². The van der Waals surface area contributed by atoms with Gasteiger partial charge in [0.1, 0.15) is 48.9 Å². The molecule has 2 aromatic rings. The highest BCUT2D eigenvalue weighted by Crippen LogP contribution is 2.50. The van der Waals surface area contributed by atoms with Crippen molar-refractivity contribution in [3.8, 4) is 6.07 Å². The summed E-state index contributed by atoms with van der Waals surface area (Å²) in [5.74, 6) is -1.19. The van der Waals surface area contributed by atoms with E-state index in [-0.39, 0.29) is 5.92 Å². The van der Waals surface area contributed by atoms with Gasteiger partial charge in [0, 0.05) is 21.0 Å². The maximum absolute atomic E-state index is 12.6. The lowest BCUT2D eigenvalue weighted by Crippen LogP contribution is -2.46. The Bertz CT molecular complexity index is 1390. The number of esters is 1. The first-order valence-corrected chi connectivity index (χ1v) is 13.9. The summed E-state index contributed by atoms with van der Waals surface area (Å²) in [6.45, 7) is 8.07. The van der Waals surface area contributed by atoms with Gasteiger partial charge in [0.25, 0.3) is 0 Å². The molecule has 2 fully saturated rings. The largest absolute Gasteiger partial charge is 0.511 e. The number of aromatic nitrogens is 3. The lowest BCUT2D eigenvalue weighted by atomic mass is 9.96. The number of carbonyl (C=O) groups is 2. The minimum atomic E-state index is -1.75. The van der Waals surface area contributed by atoms with Crippen molar-refractivity contribution < 1.29 is 38.0 Å². The van der Waals surface area contributed by atoms with Crippen LogP contribution in [0.5, 0.6) is 0 Å². The van der Waals surface area contributed by atoms with Gasteiger partial charge < -0.3 is 33.3 Å². The average molecular weight is 602 g/mol. The van der Waals surface area contributed by atoms with Gasteiger partial charge >= 0.3 is 12.1 Å². The van der Waals surface area contributed by atoms with Crippen LogP contribution >= 0.6 is 0 Å². The molecule has 4 rings (SSSR count). The molecular formula is C28H39N7O8. The molecule has 0 N–H and O–H groups in total. The molecule has 0 bridgehead atoms. The molecule has 0 saturated carbocycles. The van der Waals surface area contributed by atoms with Crippen LogP contribution in [0.3, 0.4) is 0 Å². The zero-order valence-electron chi connectivity index (χ0n) is 25.9. The third-order valence-corrected chi connectivity index (χ3v) is 6.96. The van der Waals surface area contributed by atoms with Crippen LogP contribution in [0.2, 0.25) is 0 Å². The first-order chi connectivity index (χ1) is 20.2. The number of hydrogen-bond acceptors (Lipinski definition) is 13. The lowest BCUT2D eigenvalue weighted by Gasteiger charge is -2.29. The zero-order valence-corrected chi connectivity index (χ0v) is 25.9. The van der Waals surface area contributed by atoms with Gasteiger partial charge in [-0.1, -0.05) is 13.8 Å². The number of nitrogens with zero attached hydrogens (tertiary/aromatic N) is 7. The molecule has 15 nitrogen and oxygen atoms in total. The summed E-state index contributed by atoms with van der Waals surface area (Å²) in [6.07, 6.45) is -1.88. The van der Waals surface area contributed by atoms with Gasteiger partial charge in [-0.3, -0.25) is 9.69 Å². The second-order valence-electron chi connectivity index (χ2n) is 11.7. The second-order valence-corrected chi connectivity index (χ2v) is 11.7. The van der Waals surface area contributed by atoms with E-state index in [1.165, 1.54) is 13.3 Å². The Labute approximate surface area is 250 Å². The Morgan fingerprint density at radius 2 is 1.88 bits per heavy atom. The van der Waals surface area contributed by atoms with Crippen molar-refractivity contribution in [2.24, 2.45) is 10.9 Å². The van der Waals surface area contributed by atoms with Crippen molar-refractivity contribution in [1.82, 2.24) is 24.4 Å². The summed E-state index contributed by atoms with van der Waals surface area (Å²) in [5.41, 5.74) is -0.574. The number of nitriles is 1. The van der Waals surface area contributed by atoms with E-state index in [0.717, 1.165) is 0 Å². The maximum Gasteiger partial charge on any atom is 0.511 e. The predicted octanol–water partition coefficient (Wildman–Crippen LogP) is 2.43. The highest BCUT2D eigenvalue weighted by Gasteiger charge is 2.65. The van der Waals surface area contributed by atoms with E-state index in [2.05, 4.69) is 21.1 Å². The summed E-state index contributed by atoms with van der Waals surface area (Å²) < 4.78 is 36.0. The molecule has 1 unspecified atom stereocenters. The number of hydrogen-bond donors (Lipinski definition) is 0. The van der Waals surface area contributed by atoms with Gasteiger partial charge in [0.05, 0.1) is 12.0 Å². The number of fused-ring (bicyclic) bond motifs is 2. The number of carbonyl (C=O) groups excluding carboxylic acids is 2. The van der Waals surface area contributed by atoms with Crippen molar-refractivity contribution >= 4 is 29.8 Å². The molecule has 0 aliphatic carbocycles. The molecule has 234 valence electrons. The monoisotopic (exact) mass is 601 g/mol. The van der Waals surface area contributed by atoms with Crippen molar-refractivity contribution in [2.75, 3.05) is 34.8 Å². The van der Waals surface area contributed by atoms with Gasteiger partial charge in [-0.25, -0.2) is 19.3 Å². The van der Waals surface area contributed by atoms with Crippen LogP contribution < -0.4 is 0 Å². The van der Waals surface area contributed by atoms with E-state index in [4.69, 9.17) is 28.4 Å². The molecule has 0 spiro atoms. The molecule has 15 heteroatoms. The van der Waals surface area contributed by atoms with Gasteiger partial charge in [-0.05, 0) is 46.0 Å². The molecule has 43 heavy (non-hydrogen) atoms. The third kappa shape index (κ3) is 6.72. The van der Waals surface area contributed by atoms with Gasteiger partial charge in [0.2, 0.25) is 11.9 Å². The van der Waals surface area contributed by atoms with E-state index >= 15 is 0 Å². The van der Waals surface area contributed by atoms with Gasteiger partial charge in [-0.2, -0.15) is 10.4 Å². The Kier molecular flexibility index (Phi) is 9.26. The maximum atomic E-state index is 12.6. The second kappa shape index (κ2) is 12.4. The fourth-order valence-corrected chi connectivity index (χ4v) is 5.30. The summed E-state index contributed by atoms with van der Waals surface area (Å²) in [4.78, 5) is 37.4. The summed E-state index contributed by atoms with van der Waals surface area (Å²) in [6, 6.07) is 5.18. The average Bonchev–Trinajstić information content (AvgIpc) is 3.55. The zero-order chi connectivity index (χ0) is 31.7. The SMILES string of the molecule is CC(OC(=O)OC[C@@]1(C#N)O[C@@H](c2ccc3c(/N=C\N(C)C)ncnn23)[C@@H]2OC(C)(C)O[C@@H]21)OC(=O)[C@H](C(C)C)N(C)C. The van der Waals surface area contributed by atoms with E-state index in [1.807, 2.05) is 27.9 Å². The van der Waals surface area contributed by atoms with E-state index < -0.39 is 60.8 Å². The molecule has 2 aliphatic heterocycles. The van der Waals surface area contributed by atoms with Crippen LogP contribution in [-0.2, 0) is 33.2 Å². The van der Waals surface area contributed by atoms with Gasteiger partial charge in [-0.15, -0.1) is 0 Å². The molecule has 0 radical (unpaired) electrons. The topological polar surface area (TPSA) is 162 Å². The Balaban J connectivity index is 1.52. The van der Waals surface area contributed by atoms with Crippen LogP contribution in [0.4, 0.5) is 10.6 Å². The van der Waals surface area contributed by atoms with Crippen LogP contribution in [-0.4, -0.2) is 114 Å². The fourth-order valence-electron chi connectivity index (χ4n) is 5.30. The molecule has 2 aromatic heterocycles. The molecule has 4 heterocycles. The minimum Gasteiger partial charge on any atom is -0.430 e. The fraction of sp³-hybridized carbons (Fsp3) is 0.643. The summed E-state index contributed by atoms with van der Waals surface area (Å²) in [7, 11) is 7.20. The van der Waals surface area contributed by atoms with Crippen molar-refractivity contribution in [2.45, 2.75) is 76.7 Å². The standard InChI is InChI=1S/C28H39N7O8/c1-16(2)20(34(8)9)25(36)39-17(3)40-26(37)38-13-28(12-29)23-22(41-27(4,5)43-23)21(42-28)18-10-11-19-24(31-15-33(6)7)30-14-32-35(18)19/h10-11,14-17,20-23H,13H2,1-9H3/b31-15-/t17?,20-,21-,22-,23-,28+/m0/s1. The van der Waals surface area contributed by atoms with E-state index in [0.29, 0.717) is 17.0 Å². The molecule has 2 saturated heterocycles. The minimum absolute atomic E-state index is 0.0306. The molecule has 0 aromatic carbocycles. The highest BCUT2D eigenvalue weighted by molar-refractivity contribution is 5.76. The Morgan fingerprint density at radius 1 is 1.16 bits per heavy atom. The highest BCUT2D eigenvalue weighted by atomic mass is 16.8. The van der Waals surface area contributed by atoms with Crippen LogP contribution in [0.25, 0.3) is 5.52 Å². The third-order valence-electron chi connectivity index (χ3n) is 6.96. The first-order valence-electron chi connectivity index (χ1n) is 13.9. The first kappa shape index (κ1) is 32.1. The normalized spacial score (nSPS) is 26.0. The number of aliphatic imine (C=N–C) groups is 1. The van der Waals surface area contributed by atoms with E-state index in [9.17, 15) is 14.9 Å². The van der Waals surface area contributed by atoms with E-state index in [1.54, 1.807) is 60.7 Å². The molecular weight excluding hydrogens is 562 g/mol. The molecule has 6 atom stereocenters. The Morgan fingerprint density at radius 3 is 2.51 bits per heavy atom. The van der Waals surface area contributed by atoms with Gasteiger partial charge in [0.15, 0.2) is 11.6 Å². The Hall–Kier alpha value is -3.84. The number of likely N-dealkylation sites (N-methyl/N-ethyl adjacent to an activating group) is 1. The lowest BCUT2D eigenvalue weighted by molar-refractivity contribution is -0.207. The number of ether oxygens (including phenoxy) is 6. The number of rotatable bonds is 10. The smallest absolute Gasteiger partial charge is 0.430 e. The van der Waals surface area contributed by atoms with Crippen LogP contribution in [0.1, 0.15) is 46.4 Å². The summed E-state index contributed by atoms with van der Waals surface area (Å²) >= 11 is 0. The molecule has 2 aliphatic rings. The van der Waals surface area contributed by atoms with Crippen LogP contribution in [0.15, 0.2) is 23.5 Å². The molecule has 0 amide bonds. The van der Waals surface area contributed by atoms with Crippen molar-refractivity contribution in [3.63, 3.8) is 0 Å².